The summed E-state index contributed by atoms with van der Waals surface area (Å²) in [4.78, 5) is 12.2. The summed E-state index contributed by atoms with van der Waals surface area (Å²) < 4.78 is 53.7. The molecule has 0 saturated carbocycles. The minimum atomic E-state index is -4.41. The number of amides is 1. The molecule has 4 rings (SSSR count). The minimum absolute atomic E-state index is 0.203. The highest BCUT2D eigenvalue weighted by Crippen LogP contribution is 2.38. The maximum Gasteiger partial charge on any atom is 0.427 e. The van der Waals surface area contributed by atoms with Gasteiger partial charge in [0.05, 0.1) is 26.4 Å². The average Bonchev–Trinajstić information content (AvgIpc) is 3.06. The van der Waals surface area contributed by atoms with Crippen LogP contribution in [-0.4, -0.2) is 56.6 Å². The summed E-state index contributed by atoms with van der Waals surface area (Å²) in [6, 6.07) is 19.0. The molecule has 0 aliphatic carbocycles. The molecular weight excluding hydrogens is 438 g/mol. The molecule has 5 atom stereocenters. The van der Waals surface area contributed by atoms with Crippen molar-refractivity contribution in [3.63, 3.8) is 0 Å². The normalized spacial score (nSPS) is 28.8. The summed E-state index contributed by atoms with van der Waals surface area (Å²) in [5.74, 6) is 0. The van der Waals surface area contributed by atoms with Crippen molar-refractivity contribution < 1.29 is 36.3 Å². The molecule has 2 aliphatic heterocycles. The molecule has 9 nitrogen and oxygen atoms in total. The van der Waals surface area contributed by atoms with Gasteiger partial charge in [0.1, 0.15) is 12.2 Å². The Bertz CT molecular complexity index is 1020. The van der Waals surface area contributed by atoms with Crippen LogP contribution < -0.4 is 0 Å². The Morgan fingerprint density at radius 2 is 1.47 bits per heavy atom. The number of ether oxygens (including phenoxy) is 4. The van der Waals surface area contributed by atoms with Crippen LogP contribution in [0.25, 0.3) is 0 Å². The maximum atomic E-state index is 12.6. The highest BCUT2D eigenvalue weighted by Gasteiger charge is 2.60. The van der Waals surface area contributed by atoms with Crippen molar-refractivity contribution in [3.05, 3.63) is 71.8 Å². The molecule has 0 unspecified atom stereocenters. The van der Waals surface area contributed by atoms with E-state index in [0.717, 1.165) is 18.2 Å². The predicted octanol–water partition coefficient (Wildman–Crippen LogP) is 2.61. The number of fused-ring (bicyclic) bond motifs is 1. The summed E-state index contributed by atoms with van der Waals surface area (Å²) in [7, 11) is -3.32. The molecule has 0 spiro atoms. The van der Waals surface area contributed by atoms with E-state index in [2.05, 4.69) is 4.74 Å². The molecule has 10 heteroatoms. The van der Waals surface area contributed by atoms with Crippen molar-refractivity contribution >= 4 is 16.4 Å². The second-order valence-electron chi connectivity index (χ2n) is 7.54. The van der Waals surface area contributed by atoms with Gasteiger partial charge in [0.2, 0.25) is 0 Å². The van der Waals surface area contributed by atoms with Crippen LogP contribution in [0.15, 0.2) is 60.7 Å². The number of carbonyl (C=O) groups excluding carboxylic acids is 1. The number of benzene rings is 2. The third-order valence-electron chi connectivity index (χ3n) is 5.38. The molecule has 172 valence electrons. The molecule has 1 amide bonds. The van der Waals surface area contributed by atoms with Gasteiger partial charge in [-0.15, -0.1) is 0 Å². The van der Waals surface area contributed by atoms with Crippen molar-refractivity contribution in [3.8, 4) is 0 Å². The molecule has 0 radical (unpaired) electrons. The van der Waals surface area contributed by atoms with Gasteiger partial charge in [-0.1, -0.05) is 60.7 Å². The Morgan fingerprint density at radius 1 is 0.938 bits per heavy atom. The molecule has 2 aliphatic rings. The van der Waals surface area contributed by atoms with Gasteiger partial charge in [-0.2, -0.15) is 12.7 Å². The van der Waals surface area contributed by atoms with Gasteiger partial charge in [0, 0.05) is 0 Å². The van der Waals surface area contributed by atoms with Crippen LogP contribution in [0.5, 0.6) is 0 Å². The van der Waals surface area contributed by atoms with Gasteiger partial charge in [0.15, 0.2) is 12.3 Å². The van der Waals surface area contributed by atoms with Crippen molar-refractivity contribution in [2.45, 2.75) is 50.8 Å². The fraction of sp³-hybridized carbons (Fsp3) is 0.409. The Balaban J connectivity index is 1.60. The quantitative estimate of drug-likeness (QED) is 0.645. The molecule has 2 aromatic rings. The Hall–Kier alpha value is -2.50. The molecule has 2 fully saturated rings. The monoisotopic (exact) mass is 463 g/mol. The van der Waals surface area contributed by atoms with E-state index in [9.17, 15) is 13.2 Å². The number of hydrogen-bond acceptors (Lipinski definition) is 8. The number of nitrogens with zero attached hydrogens (tertiary/aromatic N) is 1. The van der Waals surface area contributed by atoms with E-state index in [1.165, 1.54) is 0 Å². The second kappa shape index (κ2) is 9.55. The number of hydrogen-bond donors (Lipinski definition) is 0. The van der Waals surface area contributed by atoms with Gasteiger partial charge in [-0.25, -0.2) is 8.98 Å². The molecule has 0 bridgehead atoms. The smallest absolute Gasteiger partial charge is 0.427 e. The van der Waals surface area contributed by atoms with E-state index in [0.29, 0.717) is 4.31 Å². The van der Waals surface area contributed by atoms with Gasteiger partial charge in [-0.3, -0.25) is 0 Å². The van der Waals surface area contributed by atoms with Crippen LogP contribution in [-0.2, 0) is 46.6 Å². The van der Waals surface area contributed by atoms with Crippen LogP contribution in [0.2, 0.25) is 0 Å². The van der Waals surface area contributed by atoms with Gasteiger partial charge >= 0.3 is 16.4 Å². The lowest BCUT2D eigenvalue weighted by atomic mass is 9.98. The second-order valence-corrected chi connectivity index (χ2v) is 8.98. The van der Waals surface area contributed by atoms with Gasteiger partial charge < -0.3 is 18.9 Å². The molecule has 2 heterocycles. The van der Waals surface area contributed by atoms with Crippen molar-refractivity contribution in [1.82, 2.24) is 4.31 Å². The van der Waals surface area contributed by atoms with Crippen LogP contribution in [0, 0.1) is 0 Å². The molecule has 0 N–H and O–H groups in total. The molecule has 0 aromatic heterocycles. The highest BCUT2D eigenvalue weighted by molar-refractivity contribution is 7.85. The van der Waals surface area contributed by atoms with E-state index in [4.69, 9.17) is 18.4 Å². The Morgan fingerprint density at radius 3 is 2.00 bits per heavy atom. The van der Waals surface area contributed by atoms with E-state index < -0.39 is 47.0 Å². The lowest BCUT2D eigenvalue weighted by molar-refractivity contribution is -0.245. The van der Waals surface area contributed by atoms with Crippen molar-refractivity contribution in [1.29, 1.82) is 0 Å². The standard InChI is InChI=1S/C22H25NO8S/c1-15-18(28-13-16-9-5-3-6-10-16)19(29-14-17-11-7-4-8-12-17)20-21(30-15)23(22(24)27-2)32(25,26)31-20/h3-12,15,18-21H,13-14H2,1-2H3/t15-,18-,19+,20-,21+/m0/s1. The zero-order valence-electron chi connectivity index (χ0n) is 17.7. The molecular formula is C22H25NO8S. The minimum Gasteiger partial charge on any atom is -0.452 e. The lowest BCUT2D eigenvalue weighted by Crippen LogP contribution is -2.60. The van der Waals surface area contributed by atoms with Gasteiger partial charge in [0.25, 0.3) is 0 Å². The van der Waals surface area contributed by atoms with E-state index in [1.54, 1.807) is 6.92 Å². The average molecular weight is 464 g/mol. The fourth-order valence-corrected chi connectivity index (χ4v) is 5.09. The largest absolute Gasteiger partial charge is 0.452 e. The third kappa shape index (κ3) is 4.64. The summed E-state index contributed by atoms with van der Waals surface area (Å²) in [6.45, 7) is 2.22. The first-order valence-corrected chi connectivity index (χ1v) is 11.5. The Kier molecular flexibility index (Phi) is 6.77. The van der Waals surface area contributed by atoms with Crippen LogP contribution in [0.3, 0.4) is 0 Å². The topological polar surface area (TPSA) is 101 Å². The lowest BCUT2D eigenvalue weighted by Gasteiger charge is -2.42. The number of methoxy groups -OCH3 is 1. The van der Waals surface area contributed by atoms with E-state index in [1.807, 2.05) is 60.7 Å². The van der Waals surface area contributed by atoms with Crippen LogP contribution in [0.4, 0.5) is 4.79 Å². The summed E-state index contributed by atoms with van der Waals surface area (Å²) in [5, 5.41) is 0. The molecule has 2 saturated heterocycles. The molecule has 2 aromatic carbocycles. The summed E-state index contributed by atoms with van der Waals surface area (Å²) in [6.07, 6.45) is -5.48. The van der Waals surface area contributed by atoms with Crippen LogP contribution in [0.1, 0.15) is 18.1 Å². The highest BCUT2D eigenvalue weighted by atomic mass is 32.2. The summed E-state index contributed by atoms with van der Waals surface area (Å²) >= 11 is 0. The van der Waals surface area contributed by atoms with Crippen LogP contribution >= 0.6 is 0 Å². The maximum absolute atomic E-state index is 12.6. The predicted molar refractivity (Wildman–Crippen MR) is 112 cm³/mol. The first-order chi connectivity index (χ1) is 15.4. The Labute approximate surface area is 187 Å². The number of rotatable bonds is 6. The number of carbonyl (C=O) groups is 1. The van der Waals surface area contributed by atoms with E-state index >= 15 is 0 Å². The molecule has 32 heavy (non-hydrogen) atoms. The SMILES string of the molecule is COC(=O)N1[C@@H]2O[C@@H](C)[C@H](OCc3ccccc3)[C@@H](OCc3ccccc3)[C@@H]2OS1(=O)=O. The fourth-order valence-electron chi connectivity index (χ4n) is 3.83. The van der Waals surface area contributed by atoms with Crippen molar-refractivity contribution in [2.24, 2.45) is 0 Å². The van der Waals surface area contributed by atoms with E-state index in [-0.39, 0.29) is 13.2 Å². The zero-order chi connectivity index (χ0) is 22.7. The zero-order valence-corrected chi connectivity index (χ0v) is 18.5. The summed E-state index contributed by atoms with van der Waals surface area (Å²) in [5.41, 5.74) is 1.84. The van der Waals surface area contributed by atoms with Gasteiger partial charge in [-0.05, 0) is 18.1 Å². The first kappa shape index (κ1) is 22.7. The first-order valence-electron chi connectivity index (χ1n) is 10.2. The van der Waals surface area contributed by atoms with Crippen molar-refractivity contribution in [2.75, 3.05) is 7.11 Å². The third-order valence-corrected chi connectivity index (χ3v) is 6.68.